The molecule has 1 amide bonds. The summed E-state index contributed by atoms with van der Waals surface area (Å²) in [7, 11) is -3.48. The van der Waals surface area contributed by atoms with Gasteiger partial charge < -0.3 is 5.32 Å². The highest BCUT2D eigenvalue weighted by molar-refractivity contribution is 8.01. The number of aromatic nitrogens is 2. The van der Waals surface area contributed by atoms with Gasteiger partial charge in [0.15, 0.2) is 4.34 Å². The van der Waals surface area contributed by atoms with Crippen LogP contribution in [0.15, 0.2) is 4.34 Å². The molecule has 10 heteroatoms. The van der Waals surface area contributed by atoms with Gasteiger partial charge in [-0.2, -0.15) is 0 Å². The summed E-state index contributed by atoms with van der Waals surface area (Å²) >= 11 is 3.04. The number of carbonyl (C=O) groups excluding carboxylic acids is 1. The van der Waals surface area contributed by atoms with Gasteiger partial charge in [0.25, 0.3) is 0 Å². The number of sulfonamides is 1. The molecule has 108 valence electrons. The van der Waals surface area contributed by atoms with Crippen molar-refractivity contribution in [2.75, 3.05) is 18.1 Å². The number of aryl methyl sites for hydroxylation is 1. The molecule has 7 nitrogen and oxygen atoms in total. The minimum atomic E-state index is -3.48. The molecule has 1 rings (SSSR count). The number of carbonyl (C=O) groups is 1. The second-order valence-corrected chi connectivity index (χ2v) is 8.01. The Bertz CT molecular complexity index is 515. The van der Waals surface area contributed by atoms with E-state index in [2.05, 4.69) is 15.5 Å². The fourth-order valence-corrected chi connectivity index (χ4v) is 3.48. The van der Waals surface area contributed by atoms with Crippen LogP contribution in [0.25, 0.3) is 0 Å². The summed E-state index contributed by atoms with van der Waals surface area (Å²) in [5.41, 5.74) is 0. The summed E-state index contributed by atoms with van der Waals surface area (Å²) in [5, 5.41) is 16.3. The summed E-state index contributed by atoms with van der Waals surface area (Å²) in [6.45, 7) is 2.40. The van der Waals surface area contributed by atoms with Crippen LogP contribution >= 0.6 is 23.1 Å². The summed E-state index contributed by atoms with van der Waals surface area (Å²) in [6, 6.07) is 0. The maximum atomic E-state index is 11.4. The molecule has 19 heavy (non-hydrogen) atoms. The highest BCUT2D eigenvalue weighted by atomic mass is 32.2. The van der Waals surface area contributed by atoms with Crippen LogP contribution < -0.4 is 10.5 Å². The molecule has 0 atom stereocenters. The van der Waals surface area contributed by atoms with Crippen molar-refractivity contribution in [1.29, 1.82) is 0 Å². The van der Waals surface area contributed by atoms with E-state index in [9.17, 15) is 13.2 Å². The summed E-state index contributed by atoms with van der Waals surface area (Å²) in [6.07, 6.45) is 0.409. The van der Waals surface area contributed by atoms with Crippen molar-refractivity contribution in [3.8, 4) is 0 Å². The number of nitrogens with zero attached hydrogens (tertiary/aromatic N) is 2. The lowest BCUT2D eigenvalue weighted by Gasteiger charge is -2.03. The Labute approximate surface area is 120 Å². The van der Waals surface area contributed by atoms with Gasteiger partial charge in [0.1, 0.15) is 5.01 Å². The average molecular weight is 324 g/mol. The summed E-state index contributed by atoms with van der Waals surface area (Å²) in [4.78, 5) is 11.4. The molecular formula is C9H16N4O3S3. The Morgan fingerprint density at radius 1 is 1.47 bits per heavy atom. The third kappa shape index (κ3) is 8.14. The molecule has 0 aliphatic carbocycles. The predicted molar refractivity (Wildman–Crippen MR) is 75.6 cm³/mol. The molecular weight excluding hydrogens is 308 g/mol. The average Bonchev–Trinajstić information content (AvgIpc) is 2.69. The van der Waals surface area contributed by atoms with Crippen LogP contribution in [0.4, 0.5) is 0 Å². The third-order valence-corrected chi connectivity index (χ3v) is 4.82. The fourth-order valence-electron chi connectivity index (χ4n) is 1.19. The number of hydrogen-bond acceptors (Lipinski definition) is 7. The molecule has 0 spiro atoms. The minimum Gasteiger partial charge on any atom is -0.355 e. The zero-order valence-corrected chi connectivity index (χ0v) is 12.9. The van der Waals surface area contributed by atoms with Crippen LogP contribution in [-0.4, -0.2) is 42.6 Å². The first-order chi connectivity index (χ1) is 8.87. The predicted octanol–water partition coefficient (Wildman–Crippen LogP) is 0.124. The normalized spacial score (nSPS) is 11.5. The van der Waals surface area contributed by atoms with Gasteiger partial charge in [0.2, 0.25) is 15.9 Å². The molecule has 0 saturated carbocycles. The Balaban J connectivity index is 2.07. The second-order valence-electron chi connectivity index (χ2n) is 3.76. The topological polar surface area (TPSA) is 115 Å². The van der Waals surface area contributed by atoms with Gasteiger partial charge in [0.05, 0.1) is 5.75 Å². The van der Waals surface area contributed by atoms with E-state index in [0.29, 0.717) is 12.3 Å². The maximum Gasteiger partial charge on any atom is 0.220 e. The van der Waals surface area contributed by atoms with E-state index in [1.54, 1.807) is 0 Å². The molecule has 0 bridgehead atoms. The Morgan fingerprint density at radius 3 is 2.79 bits per heavy atom. The van der Waals surface area contributed by atoms with E-state index < -0.39 is 10.0 Å². The van der Waals surface area contributed by atoms with Gasteiger partial charge in [-0.3, -0.25) is 4.79 Å². The first kappa shape index (κ1) is 16.3. The third-order valence-electron chi connectivity index (χ3n) is 1.99. The van der Waals surface area contributed by atoms with Crippen LogP contribution in [0.1, 0.15) is 17.8 Å². The van der Waals surface area contributed by atoms with Crippen LogP contribution in [0.2, 0.25) is 0 Å². The smallest absolute Gasteiger partial charge is 0.220 e. The molecule has 0 aliphatic rings. The van der Waals surface area contributed by atoms with E-state index in [4.69, 9.17) is 5.14 Å². The molecule has 0 saturated heterocycles. The SMILES string of the molecule is Cc1nnc(SCCNC(=O)CCCS(N)(=O)=O)s1. The van der Waals surface area contributed by atoms with Crippen molar-refractivity contribution >= 4 is 39.0 Å². The van der Waals surface area contributed by atoms with E-state index in [1.165, 1.54) is 23.1 Å². The van der Waals surface area contributed by atoms with Crippen LogP contribution in [-0.2, 0) is 14.8 Å². The molecule has 1 heterocycles. The van der Waals surface area contributed by atoms with Crippen LogP contribution in [0.5, 0.6) is 0 Å². The van der Waals surface area contributed by atoms with E-state index in [1.807, 2.05) is 6.92 Å². The monoisotopic (exact) mass is 324 g/mol. The number of amides is 1. The molecule has 0 fully saturated rings. The molecule has 0 aromatic carbocycles. The standard InChI is InChI=1S/C9H16N4O3S3/c1-7-12-13-9(18-7)17-5-4-11-8(14)3-2-6-19(10,15)16/h2-6H2,1H3,(H,11,14)(H2,10,15,16). The largest absolute Gasteiger partial charge is 0.355 e. The first-order valence-corrected chi connectivity index (χ1v) is 9.08. The number of primary sulfonamides is 1. The number of thioether (sulfide) groups is 1. The fraction of sp³-hybridized carbons (Fsp3) is 0.667. The van der Waals surface area contributed by atoms with Crippen molar-refractivity contribution in [3.05, 3.63) is 5.01 Å². The number of rotatable bonds is 8. The van der Waals surface area contributed by atoms with E-state index >= 15 is 0 Å². The second kappa shape index (κ2) is 7.78. The van der Waals surface area contributed by atoms with Crippen LogP contribution in [0, 0.1) is 6.92 Å². The molecule has 0 aliphatic heterocycles. The zero-order valence-electron chi connectivity index (χ0n) is 10.5. The lowest BCUT2D eigenvalue weighted by atomic mass is 10.3. The van der Waals surface area contributed by atoms with Crippen molar-refractivity contribution in [2.24, 2.45) is 5.14 Å². The van der Waals surface area contributed by atoms with Gasteiger partial charge in [-0.05, 0) is 13.3 Å². The van der Waals surface area contributed by atoms with Crippen molar-refractivity contribution < 1.29 is 13.2 Å². The van der Waals surface area contributed by atoms with E-state index in [-0.39, 0.29) is 24.5 Å². The highest BCUT2D eigenvalue weighted by Gasteiger charge is 2.06. The number of hydrogen-bond donors (Lipinski definition) is 2. The maximum absolute atomic E-state index is 11.4. The molecule has 1 aromatic heterocycles. The Hall–Kier alpha value is -0.710. The van der Waals surface area contributed by atoms with Crippen molar-refractivity contribution in [3.63, 3.8) is 0 Å². The van der Waals surface area contributed by atoms with Crippen molar-refractivity contribution in [1.82, 2.24) is 15.5 Å². The molecule has 0 radical (unpaired) electrons. The molecule has 3 N–H and O–H groups in total. The number of nitrogens with one attached hydrogen (secondary N) is 1. The summed E-state index contributed by atoms with van der Waals surface area (Å²) < 4.78 is 22.2. The van der Waals surface area contributed by atoms with Gasteiger partial charge in [-0.25, -0.2) is 13.6 Å². The molecule has 1 aromatic rings. The lowest BCUT2D eigenvalue weighted by Crippen LogP contribution is -2.26. The minimum absolute atomic E-state index is 0.166. The highest BCUT2D eigenvalue weighted by Crippen LogP contribution is 2.20. The van der Waals surface area contributed by atoms with Gasteiger partial charge >= 0.3 is 0 Å². The Kier molecular flexibility index (Phi) is 6.69. The van der Waals surface area contributed by atoms with Gasteiger partial charge in [0, 0.05) is 18.7 Å². The van der Waals surface area contributed by atoms with Gasteiger partial charge in [-0.1, -0.05) is 23.1 Å². The zero-order chi connectivity index (χ0) is 14.3. The Morgan fingerprint density at radius 2 is 2.21 bits per heavy atom. The quantitative estimate of drug-likeness (QED) is 0.518. The molecule has 0 unspecified atom stereocenters. The van der Waals surface area contributed by atoms with Crippen LogP contribution in [0.3, 0.4) is 0 Å². The van der Waals surface area contributed by atoms with Gasteiger partial charge in [-0.15, -0.1) is 10.2 Å². The first-order valence-electron chi connectivity index (χ1n) is 5.57. The summed E-state index contributed by atoms with van der Waals surface area (Å²) in [5.74, 6) is 0.368. The lowest BCUT2D eigenvalue weighted by molar-refractivity contribution is -0.120. The number of nitrogens with two attached hydrogens (primary N) is 1. The van der Waals surface area contributed by atoms with Crippen molar-refractivity contribution in [2.45, 2.75) is 24.1 Å². The van der Waals surface area contributed by atoms with E-state index in [0.717, 1.165) is 9.35 Å².